The van der Waals surface area contributed by atoms with E-state index in [0.29, 0.717) is 12.3 Å². The highest BCUT2D eigenvalue weighted by atomic mass is 79.9. The van der Waals surface area contributed by atoms with E-state index in [-0.39, 0.29) is 11.0 Å². The Morgan fingerprint density at radius 2 is 2.00 bits per heavy atom. The monoisotopic (exact) mass is 375 g/mol. The van der Waals surface area contributed by atoms with Gasteiger partial charge in [-0.25, -0.2) is 8.42 Å². The van der Waals surface area contributed by atoms with Crippen molar-refractivity contribution in [2.75, 3.05) is 12.8 Å². The number of sulfone groups is 1. The van der Waals surface area contributed by atoms with Crippen molar-refractivity contribution in [1.29, 1.82) is 0 Å². The quantitative estimate of drug-likeness (QED) is 0.871. The Kier molecular flexibility index (Phi) is 4.85. The van der Waals surface area contributed by atoms with Gasteiger partial charge in [-0.1, -0.05) is 0 Å². The molecule has 0 aliphatic heterocycles. The summed E-state index contributed by atoms with van der Waals surface area (Å²) < 4.78 is 29.6. The second-order valence-electron chi connectivity index (χ2n) is 4.25. The molecular formula is C13H14BrNO3S2. The Bertz CT molecular complexity index is 680. The van der Waals surface area contributed by atoms with Crippen LogP contribution >= 0.6 is 27.3 Å². The van der Waals surface area contributed by atoms with Gasteiger partial charge in [-0.3, -0.25) is 0 Å². The third-order valence-corrected chi connectivity index (χ3v) is 5.56. The van der Waals surface area contributed by atoms with Crippen LogP contribution in [0.3, 0.4) is 0 Å². The van der Waals surface area contributed by atoms with Crippen LogP contribution in [-0.2, 0) is 9.84 Å². The third kappa shape index (κ3) is 3.82. The van der Waals surface area contributed by atoms with Gasteiger partial charge in [0, 0.05) is 27.5 Å². The normalized spacial score (nSPS) is 13.2. The van der Waals surface area contributed by atoms with Gasteiger partial charge in [0.05, 0.1) is 4.90 Å². The van der Waals surface area contributed by atoms with Crippen LogP contribution in [0.5, 0.6) is 5.75 Å². The molecule has 0 amide bonds. The SMILES string of the molecule is CS(=O)(=O)c1ccc(OC(CN)c2cc(Br)cs2)cc1. The molecule has 1 aromatic carbocycles. The number of benzene rings is 1. The van der Waals surface area contributed by atoms with E-state index in [9.17, 15) is 8.42 Å². The lowest BCUT2D eigenvalue weighted by molar-refractivity contribution is 0.218. The number of rotatable bonds is 5. The Hall–Kier alpha value is -0.890. The first-order valence-electron chi connectivity index (χ1n) is 5.81. The molecule has 0 saturated carbocycles. The van der Waals surface area contributed by atoms with E-state index >= 15 is 0 Å². The largest absolute Gasteiger partial charge is 0.484 e. The highest BCUT2D eigenvalue weighted by Gasteiger charge is 2.14. The summed E-state index contributed by atoms with van der Waals surface area (Å²) in [5.41, 5.74) is 5.73. The zero-order valence-corrected chi connectivity index (χ0v) is 14.0. The molecule has 4 nitrogen and oxygen atoms in total. The van der Waals surface area contributed by atoms with E-state index < -0.39 is 9.84 Å². The van der Waals surface area contributed by atoms with Crippen molar-refractivity contribution in [3.8, 4) is 5.75 Å². The van der Waals surface area contributed by atoms with Gasteiger partial charge in [0.25, 0.3) is 0 Å². The average Bonchev–Trinajstić information content (AvgIpc) is 2.82. The smallest absolute Gasteiger partial charge is 0.175 e. The summed E-state index contributed by atoms with van der Waals surface area (Å²) in [4.78, 5) is 1.29. The zero-order valence-electron chi connectivity index (χ0n) is 10.7. The van der Waals surface area contributed by atoms with Crippen molar-refractivity contribution < 1.29 is 13.2 Å². The summed E-state index contributed by atoms with van der Waals surface area (Å²) in [6, 6.07) is 8.31. The fraction of sp³-hybridized carbons (Fsp3) is 0.231. The van der Waals surface area contributed by atoms with Crippen molar-refractivity contribution in [2.24, 2.45) is 5.73 Å². The topological polar surface area (TPSA) is 69.4 Å². The highest BCUT2D eigenvalue weighted by molar-refractivity contribution is 9.10. The van der Waals surface area contributed by atoms with Gasteiger partial charge in [0.15, 0.2) is 9.84 Å². The maximum Gasteiger partial charge on any atom is 0.175 e. The van der Waals surface area contributed by atoms with E-state index in [1.807, 2.05) is 11.4 Å². The van der Waals surface area contributed by atoms with Gasteiger partial charge in [0.1, 0.15) is 11.9 Å². The first kappa shape index (κ1) is 15.5. The fourth-order valence-corrected chi connectivity index (χ4v) is 3.77. The van der Waals surface area contributed by atoms with Crippen LogP contribution < -0.4 is 10.5 Å². The zero-order chi connectivity index (χ0) is 14.8. The molecule has 20 heavy (non-hydrogen) atoms. The number of halogens is 1. The average molecular weight is 376 g/mol. The molecule has 0 radical (unpaired) electrons. The number of hydrogen-bond acceptors (Lipinski definition) is 5. The molecule has 1 unspecified atom stereocenters. The van der Waals surface area contributed by atoms with Crippen molar-refractivity contribution in [2.45, 2.75) is 11.0 Å². The van der Waals surface area contributed by atoms with Gasteiger partial charge < -0.3 is 10.5 Å². The van der Waals surface area contributed by atoms with Crippen molar-refractivity contribution in [3.63, 3.8) is 0 Å². The van der Waals surface area contributed by atoms with Gasteiger partial charge in [-0.15, -0.1) is 11.3 Å². The predicted molar refractivity (Wildman–Crippen MR) is 84.0 cm³/mol. The molecule has 0 bridgehead atoms. The van der Waals surface area contributed by atoms with Crippen molar-refractivity contribution >= 4 is 37.1 Å². The van der Waals surface area contributed by atoms with Gasteiger partial charge in [-0.05, 0) is 46.3 Å². The van der Waals surface area contributed by atoms with E-state index in [1.165, 1.54) is 18.4 Å². The molecule has 108 valence electrons. The minimum Gasteiger partial charge on any atom is -0.484 e. The Balaban J connectivity index is 2.16. The fourth-order valence-electron chi connectivity index (χ4n) is 1.65. The number of ether oxygens (including phenoxy) is 1. The number of nitrogens with two attached hydrogens (primary N) is 1. The molecule has 0 aliphatic rings. The van der Waals surface area contributed by atoms with Gasteiger partial charge in [-0.2, -0.15) is 0 Å². The highest BCUT2D eigenvalue weighted by Crippen LogP contribution is 2.29. The molecule has 7 heteroatoms. The third-order valence-electron chi connectivity index (χ3n) is 2.65. The first-order valence-corrected chi connectivity index (χ1v) is 9.37. The molecule has 2 rings (SSSR count). The standard InChI is InChI=1S/C13H14BrNO3S2/c1-20(16,17)11-4-2-10(3-5-11)18-12(7-15)13-6-9(14)8-19-13/h2-6,8,12H,7,15H2,1H3. The molecule has 2 N–H and O–H groups in total. The molecule has 1 heterocycles. The maximum absolute atomic E-state index is 11.4. The van der Waals surface area contributed by atoms with Crippen molar-refractivity contribution in [1.82, 2.24) is 0 Å². The molecule has 0 spiro atoms. The maximum atomic E-state index is 11.4. The predicted octanol–water partition coefficient (Wildman–Crippen LogP) is 2.99. The lowest BCUT2D eigenvalue weighted by Crippen LogP contribution is -2.17. The van der Waals surface area contributed by atoms with E-state index in [4.69, 9.17) is 10.5 Å². The molecule has 1 atom stereocenters. The van der Waals surface area contributed by atoms with Crippen LogP contribution in [0.1, 0.15) is 11.0 Å². The summed E-state index contributed by atoms with van der Waals surface area (Å²) in [5, 5.41) is 1.97. The number of thiophene rings is 1. The second kappa shape index (κ2) is 6.26. The summed E-state index contributed by atoms with van der Waals surface area (Å²) in [5.74, 6) is 0.595. The molecule has 0 aliphatic carbocycles. The molecular weight excluding hydrogens is 362 g/mol. The summed E-state index contributed by atoms with van der Waals surface area (Å²) in [6.45, 7) is 0.348. The summed E-state index contributed by atoms with van der Waals surface area (Å²) >= 11 is 4.95. The van der Waals surface area contributed by atoms with Crippen LogP contribution in [0.25, 0.3) is 0 Å². The molecule has 0 saturated heterocycles. The first-order chi connectivity index (χ1) is 9.40. The summed E-state index contributed by atoms with van der Waals surface area (Å²) in [7, 11) is -3.19. The summed E-state index contributed by atoms with van der Waals surface area (Å²) in [6.07, 6.45) is 0.935. The molecule has 1 aromatic heterocycles. The van der Waals surface area contributed by atoms with Crippen LogP contribution in [-0.4, -0.2) is 21.2 Å². The second-order valence-corrected chi connectivity index (χ2v) is 8.13. The number of hydrogen-bond donors (Lipinski definition) is 1. The lowest BCUT2D eigenvalue weighted by Gasteiger charge is -2.16. The minimum atomic E-state index is -3.19. The van der Waals surface area contributed by atoms with E-state index in [2.05, 4.69) is 15.9 Å². The van der Waals surface area contributed by atoms with Crippen LogP contribution in [0.4, 0.5) is 0 Å². The van der Waals surface area contributed by atoms with Crippen LogP contribution in [0.2, 0.25) is 0 Å². The molecule has 0 fully saturated rings. The Morgan fingerprint density at radius 1 is 1.35 bits per heavy atom. The van der Waals surface area contributed by atoms with E-state index in [0.717, 1.165) is 9.35 Å². The minimum absolute atomic E-state index is 0.240. The lowest BCUT2D eigenvalue weighted by atomic mass is 10.3. The van der Waals surface area contributed by atoms with Gasteiger partial charge >= 0.3 is 0 Å². The van der Waals surface area contributed by atoms with E-state index in [1.54, 1.807) is 23.5 Å². The molecule has 2 aromatic rings. The van der Waals surface area contributed by atoms with Gasteiger partial charge in [0.2, 0.25) is 0 Å². The Morgan fingerprint density at radius 3 is 2.45 bits per heavy atom. The van der Waals surface area contributed by atoms with Crippen molar-refractivity contribution in [3.05, 3.63) is 45.1 Å². The Labute approximate surface area is 130 Å². The van der Waals surface area contributed by atoms with Crippen LogP contribution in [0.15, 0.2) is 45.1 Å². The van der Waals surface area contributed by atoms with Crippen LogP contribution in [0, 0.1) is 0 Å².